The van der Waals surface area contributed by atoms with E-state index in [1.54, 1.807) is 0 Å². The first-order valence-electron chi connectivity index (χ1n) is 6.58. The number of nitriles is 1. The predicted octanol–water partition coefficient (Wildman–Crippen LogP) is 4.34. The predicted molar refractivity (Wildman–Crippen MR) is 78.7 cm³/mol. The second kappa shape index (κ2) is 5.75. The van der Waals surface area contributed by atoms with Gasteiger partial charge in [-0.05, 0) is 59.3 Å². The third-order valence-electron chi connectivity index (χ3n) is 3.34. The molecule has 0 unspecified atom stereocenters. The minimum atomic E-state index is 0.707. The van der Waals surface area contributed by atoms with Gasteiger partial charge >= 0.3 is 0 Å². The lowest BCUT2D eigenvalue weighted by atomic mass is 10.1. The Morgan fingerprint density at radius 2 is 2.17 bits per heavy atom. The number of anilines is 1. The highest BCUT2D eigenvalue weighted by molar-refractivity contribution is 9.10. The van der Waals surface area contributed by atoms with Crippen molar-refractivity contribution >= 4 is 21.6 Å². The van der Waals surface area contributed by atoms with E-state index >= 15 is 0 Å². The number of hydrogen-bond acceptors (Lipinski definition) is 2. The van der Waals surface area contributed by atoms with Gasteiger partial charge in [-0.3, -0.25) is 0 Å². The van der Waals surface area contributed by atoms with E-state index in [2.05, 4.69) is 52.9 Å². The minimum absolute atomic E-state index is 0.707. The SMILES string of the molecule is CC(C)CCN(c1ccc(C#N)c(Br)c1)C1CC1. The second-order valence-electron chi connectivity index (χ2n) is 5.38. The van der Waals surface area contributed by atoms with Crippen molar-refractivity contribution in [1.29, 1.82) is 5.26 Å². The molecule has 1 saturated carbocycles. The van der Waals surface area contributed by atoms with Gasteiger partial charge in [-0.25, -0.2) is 0 Å². The van der Waals surface area contributed by atoms with Crippen LogP contribution in [0.4, 0.5) is 5.69 Å². The summed E-state index contributed by atoms with van der Waals surface area (Å²) >= 11 is 3.48. The van der Waals surface area contributed by atoms with Crippen molar-refractivity contribution in [3.63, 3.8) is 0 Å². The van der Waals surface area contributed by atoms with Crippen molar-refractivity contribution in [3.05, 3.63) is 28.2 Å². The number of hydrogen-bond donors (Lipinski definition) is 0. The summed E-state index contributed by atoms with van der Waals surface area (Å²) in [6.07, 6.45) is 3.82. The number of halogens is 1. The maximum absolute atomic E-state index is 8.95. The molecule has 1 aromatic carbocycles. The van der Waals surface area contributed by atoms with Crippen molar-refractivity contribution < 1.29 is 0 Å². The first-order chi connectivity index (χ1) is 8.61. The Morgan fingerprint density at radius 3 is 2.67 bits per heavy atom. The average Bonchev–Trinajstić information content (AvgIpc) is 3.13. The molecule has 0 aliphatic heterocycles. The summed E-state index contributed by atoms with van der Waals surface area (Å²) in [4.78, 5) is 2.49. The summed E-state index contributed by atoms with van der Waals surface area (Å²) in [6, 6.07) is 8.96. The zero-order chi connectivity index (χ0) is 13.1. The molecule has 2 nitrogen and oxygen atoms in total. The van der Waals surface area contributed by atoms with E-state index in [-0.39, 0.29) is 0 Å². The molecule has 1 fully saturated rings. The summed E-state index contributed by atoms with van der Waals surface area (Å²) in [5.74, 6) is 0.730. The summed E-state index contributed by atoms with van der Waals surface area (Å²) in [7, 11) is 0. The van der Waals surface area contributed by atoms with Crippen LogP contribution in [-0.4, -0.2) is 12.6 Å². The van der Waals surface area contributed by atoms with Crippen molar-refractivity contribution in [2.24, 2.45) is 5.92 Å². The summed E-state index contributed by atoms with van der Waals surface area (Å²) in [5, 5.41) is 8.95. The normalized spacial score (nSPS) is 14.6. The van der Waals surface area contributed by atoms with Gasteiger partial charge < -0.3 is 4.90 Å². The highest BCUT2D eigenvalue weighted by Gasteiger charge is 2.29. The van der Waals surface area contributed by atoms with Gasteiger partial charge in [0.25, 0.3) is 0 Å². The molecule has 0 radical (unpaired) electrons. The van der Waals surface area contributed by atoms with Crippen molar-refractivity contribution in [3.8, 4) is 6.07 Å². The molecule has 3 heteroatoms. The van der Waals surface area contributed by atoms with Gasteiger partial charge in [0.2, 0.25) is 0 Å². The quantitative estimate of drug-likeness (QED) is 0.809. The van der Waals surface area contributed by atoms with Crippen molar-refractivity contribution in [2.75, 3.05) is 11.4 Å². The van der Waals surface area contributed by atoms with Crippen LogP contribution in [0.3, 0.4) is 0 Å². The molecule has 18 heavy (non-hydrogen) atoms. The van der Waals surface area contributed by atoms with Crippen LogP contribution in [0.1, 0.15) is 38.7 Å². The zero-order valence-corrected chi connectivity index (χ0v) is 12.6. The Kier molecular flexibility index (Phi) is 4.29. The molecule has 0 N–H and O–H groups in total. The van der Waals surface area contributed by atoms with Crippen LogP contribution >= 0.6 is 15.9 Å². The Labute approximate surface area is 118 Å². The number of nitrogens with zero attached hydrogens (tertiary/aromatic N) is 2. The third kappa shape index (κ3) is 3.26. The number of rotatable bonds is 5. The van der Waals surface area contributed by atoms with Gasteiger partial charge in [-0.1, -0.05) is 13.8 Å². The Bertz CT molecular complexity index is 458. The molecule has 1 aliphatic carbocycles. The third-order valence-corrected chi connectivity index (χ3v) is 4.00. The minimum Gasteiger partial charge on any atom is -0.369 e. The highest BCUT2D eigenvalue weighted by atomic mass is 79.9. The lowest BCUT2D eigenvalue weighted by molar-refractivity contribution is 0.571. The first-order valence-corrected chi connectivity index (χ1v) is 7.37. The van der Waals surface area contributed by atoms with Gasteiger partial charge in [0.1, 0.15) is 6.07 Å². The highest BCUT2D eigenvalue weighted by Crippen LogP contribution is 2.34. The smallest absolute Gasteiger partial charge is 0.100 e. The molecule has 2 rings (SSSR count). The molecule has 96 valence electrons. The molecule has 0 heterocycles. The molecule has 0 saturated heterocycles. The topological polar surface area (TPSA) is 27.0 Å². The Morgan fingerprint density at radius 1 is 1.44 bits per heavy atom. The fraction of sp³-hybridized carbons (Fsp3) is 0.533. The van der Waals surface area contributed by atoms with Crippen LogP contribution in [0.15, 0.2) is 22.7 Å². The second-order valence-corrected chi connectivity index (χ2v) is 6.24. The first kappa shape index (κ1) is 13.4. The van der Waals surface area contributed by atoms with E-state index < -0.39 is 0 Å². The molecular formula is C15H19BrN2. The van der Waals surface area contributed by atoms with Gasteiger partial charge in [0.05, 0.1) is 5.56 Å². The summed E-state index contributed by atoms with van der Waals surface area (Å²) in [5.41, 5.74) is 1.95. The molecule has 0 bridgehead atoms. The van der Waals surface area contributed by atoms with E-state index in [0.717, 1.165) is 16.9 Å². The lowest BCUT2D eigenvalue weighted by Crippen LogP contribution is -2.27. The Hall–Kier alpha value is -1.01. The van der Waals surface area contributed by atoms with E-state index in [1.165, 1.54) is 24.9 Å². The largest absolute Gasteiger partial charge is 0.369 e. The molecule has 0 atom stereocenters. The Balaban J connectivity index is 2.15. The molecule has 0 aromatic heterocycles. The number of benzene rings is 1. The monoisotopic (exact) mass is 306 g/mol. The lowest BCUT2D eigenvalue weighted by Gasteiger charge is -2.26. The molecule has 0 spiro atoms. The maximum atomic E-state index is 8.95. The fourth-order valence-electron chi connectivity index (χ4n) is 2.08. The zero-order valence-electron chi connectivity index (χ0n) is 11.0. The maximum Gasteiger partial charge on any atom is 0.100 e. The van der Waals surface area contributed by atoms with Crippen LogP contribution in [0.2, 0.25) is 0 Å². The van der Waals surface area contributed by atoms with Crippen LogP contribution < -0.4 is 4.90 Å². The standard InChI is InChI=1S/C15H19BrN2/c1-11(2)7-8-18(13-5-6-13)14-4-3-12(10-17)15(16)9-14/h3-4,9,11,13H,5-8H2,1-2H3. The average molecular weight is 307 g/mol. The fourth-order valence-corrected chi connectivity index (χ4v) is 2.53. The van der Waals surface area contributed by atoms with Gasteiger partial charge in [0.15, 0.2) is 0 Å². The van der Waals surface area contributed by atoms with Crippen LogP contribution in [0, 0.1) is 17.2 Å². The summed E-state index contributed by atoms with van der Waals surface area (Å²) < 4.78 is 0.901. The van der Waals surface area contributed by atoms with Gasteiger partial charge in [-0.2, -0.15) is 5.26 Å². The molecule has 1 aliphatic rings. The van der Waals surface area contributed by atoms with Crippen molar-refractivity contribution in [2.45, 2.75) is 39.2 Å². The van der Waals surface area contributed by atoms with Gasteiger partial charge in [-0.15, -0.1) is 0 Å². The van der Waals surface area contributed by atoms with Crippen LogP contribution in [0.25, 0.3) is 0 Å². The summed E-state index contributed by atoms with van der Waals surface area (Å²) in [6.45, 7) is 5.64. The van der Waals surface area contributed by atoms with E-state index in [0.29, 0.717) is 11.6 Å². The van der Waals surface area contributed by atoms with Gasteiger partial charge in [0, 0.05) is 22.7 Å². The van der Waals surface area contributed by atoms with Crippen molar-refractivity contribution in [1.82, 2.24) is 0 Å². The van der Waals surface area contributed by atoms with Crippen LogP contribution in [-0.2, 0) is 0 Å². The molecular weight excluding hydrogens is 288 g/mol. The van der Waals surface area contributed by atoms with E-state index in [1.807, 2.05) is 6.07 Å². The molecule has 0 amide bonds. The van der Waals surface area contributed by atoms with E-state index in [4.69, 9.17) is 5.26 Å². The van der Waals surface area contributed by atoms with Crippen LogP contribution in [0.5, 0.6) is 0 Å². The van der Waals surface area contributed by atoms with E-state index in [9.17, 15) is 0 Å². The molecule has 1 aromatic rings.